The third-order valence-corrected chi connectivity index (χ3v) is 7.33. The molecule has 1 heterocycles. The van der Waals surface area contributed by atoms with Crippen molar-refractivity contribution < 1.29 is 23.2 Å². The molecule has 0 spiro atoms. The highest BCUT2D eigenvalue weighted by atomic mass is 19.1. The summed E-state index contributed by atoms with van der Waals surface area (Å²) in [7, 11) is 0. The van der Waals surface area contributed by atoms with Crippen molar-refractivity contribution in [3.63, 3.8) is 0 Å². The van der Waals surface area contributed by atoms with E-state index in [0.717, 1.165) is 35.9 Å². The Hall–Kier alpha value is -3.87. The van der Waals surface area contributed by atoms with E-state index >= 15 is 0 Å². The van der Waals surface area contributed by atoms with E-state index in [1.54, 1.807) is 29.2 Å². The molecule has 0 bridgehead atoms. The summed E-state index contributed by atoms with van der Waals surface area (Å²) in [6.45, 7) is 0.596. The minimum atomic E-state index is -0.642. The molecule has 3 unspecified atom stereocenters. The van der Waals surface area contributed by atoms with Gasteiger partial charge in [-0.25, -0.2) is 8.78 Å². The zero-order valence-corrected chi connectivity index (χ0v) is 21.9. The lowest BCUT2D eigenvalue weighted by Gasteiger charge is -2.27. The topological polar surface area (TPSA) is 66.5 Å². The number of halogens is 2. The van der Waals surface area contributed by atoms with E-state index in [1.807, 2.05) is 30.3 Å². The number of amides is 2. The number of hydrogen-bond acceptors (Lipinski definition) is 3. The van der Waals surface area contributed by atoms with E-state index in [1.165, 1.54) is 24.3 Å². The van der Waals surface area contributed by atoms with Crippen molar-refractivity contribution in [2.75, 3.05) is 11.4 Å². The number of para-hydroxylation sites is 1. The fraction of sp³-hybridized carbons (Fsp3) is 0.344. The van der Waals surface area contributed by atoms with Crippen molar-refractivity contribution in [2.45, 2.75) is 51.0 Å². The first-order valence-electron chi connectivity index (χ1n) is 13.5. The minimum absolute atomic E-state index is 0.130. The Labute approximate surface area is 228 Å². The fourth-order valence-corrected chi connectivity index (χ4v) is 5.12. The molecule has 5 nitrogen and oxygen atoms in total. The third-order valence-electron chi connectivity index (χ3n) is 7.33. The Morgan fingerprint density at radius 2 is 1.49 bits per heavy atom. The number of carbonyl (C=O) groups excluding carboxylic acids is 3. The molecule has 0 aromatic heterocycles. The molecule has 0 radical (unpaired) electrons. The quantitative estimate of drug-likeness (QED) is 0.324. The van der Waals surface area contributed by atoms with Gasteiger partial charge in [0, 0.05) is 24.1 Å². The van der Waals surface area contributed by atoms with Gasteiger partial charge in [-0.3, -0.25) is 9.59 Å². The third kappa shape index (κ3) is 8.06. The number of hydrogen-bond donors (Lipinski definition) is 1. The van der Waals surface area contributed by atoms with Gasteiger partial charge in [-0.05, 0) is 92.5 Å². The van der Waals surface area contributed by atoms with Crippen LogP contribution in [0.4, 0.5) is 14.5 Å². The molecule has 3 aromatic rings. The van der Waals surface area contributed by atoms with Crippen molar-refractivity contribution in [1.82, 2.24) is 5.32 Å². The number of rotatable bonds is 11. The van der Waals surface area contributed by atoms with Crippen molar-refractivity contribution >= 4 is 23.8 Å². The van der Waals surface area contributed by atoms with Crippen LogP contribution in [0.5, 0.6) is 0 Å². The van der Waals surface area contributed by atoms with Crippen LogP contribution in [-0.2, 0) is 27.2 Å². The van der Waals surface area contributed by atoms with E-state index in [0.29, 0.717) is 38.6 Å². The van der Waals surface area contributed by atoms with Crippen LogP contribution in [0.15, 0.2) is 78.9 Å². The smallest absolute Gasteiger partial charge is 0.249 e. The van der Waals surface area contributed by atoms with E-state index in [2.05, 4.69) is 5.32 Å². The lowest BCUT2D eigenvalue weighted by Crippen LogP contribution is -2.49. The molecule has 7 heteroatoms. The van der Waals surface area contributed by atoms with Gasteiger partial charge in [0.1, 0.15) is 24.0 Å². The second-order valence-electron chi connectivity index (χ2n) is 10.2. The monoisotopic (exact) mass is 532 g/mol. The molecule has 39 heavy (non-hydrogen) atoms. The lowest BCUT2D eigenvalue weighted by atomic mass is 9.88. The predicted molar refractivity (Wildman–Crippen MR) is 147 cm³/mol. The van der Waals surface area contributed by atoms with Crippen LogP contribution in [0.3, 0.4) is 0 Å². The number of anilines is 1. The van der Waals surface area contributed by atoms with Gasteiger partial charge in [0.2, 0.25) is 11.8 Å². The van der Waals surface area contributed by atoms with Gasteiger partial charge in [-0.1, -0.05) is 42.5 Å². The zero-order chi connectivity index (χ0) is 27.6. The molecule has 1 aliphatic heterocycles. The first-order valence-corrected chi connectivity index (χ1v) is 13.5. The SMILES string of the molecule is O=CC(CCC(Cc1ccc(F)cc1)C(=O)NC1CCCCN(c2ccccc2)C1=O)Cc1ccc(F)cc1. The van der Waals surface area contributed by atoms with Crippen molar-refractivity contribution in [2.24, 2.45) is 11.8 Å². The van der Waals surface area contributed by atoms with Gasteiger partial charge in [0.25, 0.3) is 0 Å². The molecule has 0 saturated carbocycles. The molecule has 4 rings (SSSR count). The van der Waals surface area contributed by atoms with Crippen LogP contribution in [0.1, 0.15) is 43.2 Å². The summed E-state index contributed by atoms with van der Waals surface area (Å²) in [5, 5.41) is 3.00. The van der Waals surface area contributed by atoms with E-state index in [-0.39, 0.29) is 29.4 Å². The molecule has 1 fully saturated rings. The first-order chi connectivity index (χ1) is 18.9. The molecule has 1 saturated heterocycles. The average molecular weight is 533 g/mol. The van der Waals surface area contributed by atoms with Gasteiger partial charge in [0.05, 0.1) is 0 Å². The summed E-state index contributed by atoms with van der Waals surface area (Å²) in [5.41, 5.74) is 2.45. The lowest BCUT2D eigenvalue weighted by molar-refractivity contribution is -0.130. The van der Waals surface area contributed by atoms with Crippen molar-refractivity contribution in [3.8, 4) is 0 Å². The summed E-state index contributed by atoms with van der Waals surface area (Å²) in [5.74, 6) is -1.92. The first kappa shape index (κ1) is 28.1. The highest BCUT2D eigenvalue weighted by molar-refractivity contribution is 5.99. The summed E-state index contributed by atoms with van der Waals surface area (Å²) >= 11 is 0. The summed E-state index contributed by atoms with van der Waals surface area (Å²) in [4.78, 5) is 40.6. The molecule has 3 atom stereocenters. The van der Waals surface area contributed by atoms with Crippen LogP contribution in [0.25, 0.3) is 0 Å². The Bertz CT molecular complexity index is 1230. The molecule has 1 N–H and O–H groups in total. The highest BCUT2D eigenvalue weighted by Gasteiger charge is 2.31. The molecule has 204 valence electrons. The summed E-state index contributed by atoms with van der Waals surface area (Å²) < 4.78 is 26.8. The maximum absolute atomic E-state index is 13.6. The van der Waals surface area contributed by atoms with Crippen LogP contribution in [0.2, 0.25) is 0 Å². The Balaban J connectivity index is 1.47. The van der Waals surface area contributed by atoms with Gasteiger partial charge >= 0.3 is 0 Å². The summed E-state index contributed by atoms with van der Waals surface area (Å²) in [6.07, 6.45) is 4.76. The maximum Gasteiger partial charge on any atom is 0.249 e. The van der Waals surface area contributed by atoms with Crippen LogP contribution in [0, 0.1) is 23.5 Å². The number of carbonyl (C=O) groups is 3. The molecular formula is C32H34F2N2O3. The maximum atomic E-state index is 13.6. The number of nitrogens with zero attached hydrogens (tertiary/aromatic N) is 1. The molecule has 2 amide bonds. The van der Waals surface area contributed by atoms with E-state index in [4.69, 9.17) is 0 Å². The van der Waals surface area contributed by atoms with Gasteiger partial charge in [-0.15, -0.1) is 0 Å². The van der Waals surface area contributed by atoms with E-state index in [9.17, 15) is 23.2 Å². The predicted octanol–water partition coefficient (Wildman–Crippen LogP) is 5.66. The Kier molecular flexibility index (Phi) is 9.95. The van der Waals surface area contributed by atoms with Gasteiger partial charge in [0.15, 0.2) is 0 Å². The van der Waals surface area contributed by atoms with Crippen LogP contribution in [-0.4, -0.2) is 30.7 Å². The number of aldehydes is 1. The van der Waals surface area contributed by atoms with Gasteiger partial charge < -0.3 is 15.0 Å². The van der Waals surface area contributed by atoms with Gasteiger partial charge in [-0.2, -0.15) is 0 Å². The Morgan fingerprint density at radius 3 is 2.10 bits per heavy atom. The Morgan fingerprint density at radius 1 is 0.872 bits per heavy atom. The molecular weight excluding hydrogens is 498 g/mol. The standard InChI is InChI=1S/C32H34F2N2O3/c33-27-15-10-23(11-16-27)20-25(22-37)9-14-26(21-24-12-17-28(34)18-13-24)31(38)35-30-8-4-5-19-36(32(30)39)29-6-2-1-3-7-29/h1-3,6-7,10-13,15-18,22,25-26,30H,4-5,8-9,14,19-21H2,(H,35,38). The molecule has 1 aliphatic rings. The number of benzene rings is 3. The second kappa shape index (κ2) is 13.8. The van der Waals surface area contributed by atoms with Crippen LogP contribution >= 0.6 is 0 Å². The normalized spacial score (nSPS) is 17.2. The highest BCUT2D eigenvalue weighted by Crippen LogP contribution is 2.23. The fourth-order valence-electron chi connectivity index (χ4n) is 5.12. The molecule has 3 aromatic carbocycles. The van der Waals surface area contributed by atoms with Crippen molar-refractivity contribution in [1.29, 1.82) is 0 Å². The molecule has 0 aliphatic carbocycles. The largest absolute Gasteiger partial charge is 0.344 e. The second-order valence-corrected chi connectivity index (χ2v) is 10.2. The number of nitrogens with one attached hydrogen (secondary N) is 1. The minimum Gasteiger partial charge on any atom is -0.344 e. The van der Waals surface area contributed by atoms with E-state index < -0.39 is 12.0 Å². The summed E-state index contributed by atoms with van der Waals surface area (Å²) in [6, 6.07) is 20.9. The zero-order valence-electron chi connectivity index (χ0n) is 21.9. The van der Waals surface area contributed by atoms with Crippen LogP contribution < -0.4 is 10.2 Å². The average Bonchev–Trinajstić information content (AvgIpc) is 3.13. The van der Waals surface area contributed by atoms with Crippen molar-refractivity contribution in [3.05, 3.63) is 102 Å².